The van der Waals surface area contributed by atoms with Gasteiger partial charge in [-0.1, -0.05) is 72.8 Å². The predicted molar refractivity (Wildman–Crippen MR) is 206 cm³/mol. The van der Waals surface area contributed by atoms with E-state index < -0.39 is 54.0 Å². The van der Waals surface area contributed by atoms with Gasteiger partial charge in [-0.25, -0.2) is 14.6 Å². The smallest absolute Gasteiger partial charge is 0.410 e. The molecule has 4 atom stereocenters. The molecule has 2 saturated heterocycles. The second-order valence-corrected chi connectivity index (χ2v) is 14.0. The van der Waals surface area contributed by atoms with Gasteiger partial charge in [0.25, 0.3) is 5.89 Å². The zero-order chi connectivity index (χ0) is 39.3. The minimum absolute atomic E-state index is 0.00921. The van der Waals surface area contributed by atoms with Crippen LogP contribution in [0.5, 0.6) is 0 Å². The summed E-state index contributed by atoms with van der Waals surface area (Å²) in [6, 6.07) is 22.3. The Hall–Kier alpha value is -5.80. The fraction of sp³-hybridized carbons (Fsp3) is 0.415. The topological polar surface area (TPSA) is 198 Å². The first kappa shape index (κ1) is 39.9. The van der Waals surface area contributed by atoms with E-state index in [4.69, 9.17) is 19.6 Å². The lowest BCUT2D eigenvalue weighted by Gasteiger charge is -2.29. The Labute approximate surface area is 325 Å². The van der Waals surface area contributed by atoms with Crippen LogP contribution in [0.3, 0.4) is 0 Å². The van der Waals surface area contributed by atoms with Gasteiger partial charge >= 0.3 is 12.2 Å². The second kappa shape index (κ2) is 19.7. The number of hydrogen-bond donors (Lipinski definition) is 4. The molecule has 1 aromatic heterocycles. The number of nitrogens with two attached hydrogens (primary N) is 1. The Kier molecular flexibility index (Phi) is 14.0. The number of carbonyl (C=O) groups is 5. The second-order valence-electron chi connectivity index (χ2n) is 14.0. The molecule has 2 aliphatic rings. The first-order chi connectivity index (χ1) is 27.3. The monoisotopic (exact) mass is 767 g/mol. The largest absolute Gasteiger partial charge is 0.445 e. The highest BCUT2D eigenvalue weighted by molar-refractivity contribution is 6.01. The minimum Gasteiger partial charge on any atom is -0.445 e. The number of ether oxygens (including phenoxy) is 2. The van der Waals surface area contributed by atoms with Crippen molar-refractivity contribution in [2.75, 3.05) is 39.3 Å². The maximum absolute atomic E-state index is 14.6. The maximum atomic E-state index is 14.6. The summed E-state index contributed by atoms with van der Waals surface area (Å²) >= 11 is 0. The zero-order valence-electron chi connectivity index (χ0n) is 31.3. The molecule has 296 valence electrons. The predicted octanol–water partition coefficient (Wildman–Crippen LogP) is 3.56. The highest BCUT2D eigenvalue weighted by atomic mass is 16.6. The third-order valence-electron chi connectivity index (χ3n) is 9.94. The highest BCUT2D eigenvalue weighted by Crippen LogP contribution is 2.25. The minimum atomic E-state index is -1.14. The number of fused-ring (bicyclic) bond motifs is 1. The van der Waals surface area contributed by atoms with Crippen molar-refractivity contribution in [3.63, 3.8) is 0 Å². The van der Waals surface area contributed by atoms with E-state index in [0.717, 1.165) is 11.1 Å². The van der Waals surface area contributed by atoms with Crippen molar-refractivity contribution in [2.24, 2.45) is 5.73 Å². The van der Waals surface area contributed by atoms with Gasteiger partial charge in [-0.15, -0.1) is 0 Å². The normalized spacial score (nSPS) is 17.9. The third-order valence-corrected chi connectivity index (χ3v) is 9.94. The molecule has 15 heteroatoms. The number of Topliss-reactive ketones (excluding diaryl/α,β-unsaturated/α-hetero) is 1. The van der Waals surface area contributed by atoms with Crippen LogP contribution in [-0.2, 0) is 32.1 Å². The summed E-state index contributed by atoms with van der Waals surface area (Å²) in [6.07, 6.45) is -0.182. The molecule has 0 saturated carbocycles. The maximum Gasteiger partial charge on any atom is 0.410 e. The molecule has 0 aliphatic carbocycles. The summed E-state index contributed by atoms with van der Waals surface area (Å²) in [6.45, 7) is 2.43. The number of nitrogens with zero attached hydrogens (tertiary/aromatic N) is 3. The van der Waals surface area contributed by atoms with Crippen LogP contribution in [0.2, 0.25) is 0 Å². The lowest BCUT2D eigenvalue weighted by atomic mass is 10.0. The quantitative estimate of drug-likeness (QED) is 0.0961. The van der Waals surface area contributed by atoms with Crippen LogP contribution in [0.25, 0.3) is 11.1 Å². The summed E-state index contributed by atoms with van der Waals surface area (Å²) in [5.74, 6) is -1.84. The Morgan fingerprint density at radius 2 is 1.55 bits per heavy atom. The summed E-state index contributed by atoms with van der Waals surface area (Å²) in [5, 5.41) is 8.80. The van der Waals surface area contributed by atoms with E-state index in [1.54, 1.807) is 29.2 Å². The Bertz CT molecular complexity index is 1900. The number of ketones is 1. The van der Waals surface area contributed by atoms with E-state index in [1.165, 1.54) is 4.90 Å². The summed E-state index contributed by atoms with van der Waals surface area (Å²) < 4.78 is 17.1. The fourth-order valence-electron chi connectivity index (χ4n) is 6.92. The van der Waals surface area contributed by atoms with Crippen molar-refractivity contribution in [2.45, 2.75) is 69.4 Å². The van der Waals surface area contributed by atoms with E-state index in [2.05, 4.69) is 20.9 Å². The molecule has 0 unspecified atom stereocenters. The number of carbonyl (C=O) groups excluding carboxylic acids is 5. The Morgan fingerprint density at radius 3 is 2.27 bits per heavy atom. The van der Waals surface area contributed by atoms with Crippen molar-refractivity contribution >= 4 is 40.9 Å². The molecule has 4 amide bonds. The fourth-order valence-corrected chi connectivity index (χ4v) is 6.92. The van der Waals surface area contributed by atoms with Gasteiger partial charge in [-0.3, -0.25) is 14.4 Å². The number of aryl methyl sites for hydroxylation is 1. The van der Waals surface area contributed by atoms with Gasteiger partial charge in [0.15, 0.2) is 5.58 Å². The first-order valence-corrected chi connectivity index (χ1v) is 19.2. The molecule has 5 N–H and O–H groups in total. The first-order valence-electron chi connectivity index (χ1n) is 19.2. The van der Waals surface area contributed by atoms with Crippen LogP contribution in [-0.4, -0.2) is 108 Å². The highest BCUT2D eigenvalue weighted by Gasteiger charge is 2.45. The van der Waals surface area contributed by atoms with Gasteiger partial charge in [0, 0.05) is 32.6 Å². The molecule has 0 radical (unpaired) electrons. The average Bonchev–Trinajstić information content (AvgIpc) is 3.87. The molecule has 2 fully saturated rings. The number of para-hydroxylation sites is 2. The number of oxazole rings is 1. The zero-order valence-corrected chi connectivity index (χ0v) is 31.3. The standard InChI is InChI=1S/C41H49N7O8/c42-20-10-9-16-32(36(49)38-45-31-15-7-8-17-35(31)56-38)44-37(50)34-25-30(55-41(53)47-23-21-43-22-24-47)26-48(34)39(51)33(19-18-28-11-3-1-4-12-28)46-40(52)54-27-29-13-5-2-6-14-29/h1-8,11-15,17,30,32-34,43H,9-10,16,18-27,42H2,(H,44,50)(H,46,52)/t30-,32+,33-,34+/m1/s1. The van der Waals surface area contributed by atoms with Crippen LogP contribution in [0.4, 0.5) is 9.59 Å². The molecule has 3 heterocycles. The molecule has 2 aliphatic heterocycles. The molecular formula is C41H49N7O8. The molecule has 0 spiro atoms. The van der Waals surface area contributed by atoms with E-state index in [0.29, 0.717) is 63.1 Å². The number of nitrogens with one attached hydrogen (secondary N) is 3. The lowest BCUT2D eigenvalue weighted by molar-refractivity contribution is -0.140. The number of hydrogen-bond acceptors (Lipinski definition) is 11. The number of likely N-dealkylation sites (tertiary alicyclic amines) is 1. The van der Waals surface area contributed by atoms with E-state index in [-0.39, 0.29) is 38.3 Å². The molecule has 3 aromatic carbocycles. The lowest BCUT2D eigenvalue weighted by Crippen LogP contribution is -2.55. The number of amides is 4. The van der Waals surface area contributed by atoms with Crippen LogP contribution in [0.15, 0.2) is 89.3 Å². The van der Waals surface area contributed by atoms with Gasteiger partial charge in [0.05, 0.1) is 12.6 Å². The Morgan fingerprint density at radius 1 is 0.857 bits per heavy atom. The van der Waals surface area contributed by atoms with Gasteiger partial charge in [-0.2, -0.15) is 0 Å². The van der Waals surface area contributed by atoms with Gasteiger partial charge in [0.2, 0.25) is 17.6 Å². The van der Waals surface area contributed by atoms with Gasteiger partial charge in [-0.05, 0) is 61.9 Å². The van der Waals surface area contributed by atoms with Crippen LogP contribution in [0.1, 0.15) is 53.9 Å². The van der Waals surface area contributed by atoms with Crippen molar-refractivity contribution in [3.8, 4) is 0 Å². The SMILES string of the molecule is NCCCC[C@H](NC(=O)[C@@H]1C[C@@H](OC(=O)N2CCNCC2)CN1C(=O)[C@@H](CCc1ccccc1)NC(=O)OCc1ccccc1)C(=O)c1nc2ccccc2o1. The van der Waals surface area contributed by atoms with Gasteiger partial charge < -0.3 is 45.4 Å². The molecule has 15 nitrogen and oxygen atoms in total. The average molecular weight is 768 g/mol. The molecule has 6 rings (SSSR count). The molecular weight excluding hydrogens is 718 g/mol. The van der Waals surface area contributed by atoms with E-state index in [9.17, 15) is 24.0 Å². The number of piperazine rings is 1. The number of benzene rings is 3. The molecule has 4 aromatic rings. The van der Waals surface area contributed by atoms with Crippen LogP contribution in [0, 0.1) is 0 Å². The Balaban J connectivity index is 1.23. The summed E-state index contributed by atoms with van der Waals surface area (Å²) in [4.78, 5) is 76.4. The number of rotatable bonds is 16. The molecule has 56 heavy (non-hydrogen) atoms. The van der Waals surface area contributed by atoms with E-state index >= 15 is 0 Å². The van der Waals surface area contributed by atoms with Crippen LogP contribution < -0.4 is 21.7 Å². The molecule has 0 bridgehead atoms. The summed E-state index contributed by atoms with van der Waals surface area (Å²) in [7, 11) is 0. The van der Waals surface area contributed by atoms with Crippen molar-refractivity contribution < 1.29 is 37.9 Å². The number of aromatic nitrogens is 1. The number of alkyl carbamates (subject to hydrolysis) is 1. The van der Waals surface area contributed by atoms with Crippen molar-refractivity contribution in [1.82, 2.24) is 30.7 Å². The van der Waals surface area contributed by atoms with Gasteiger partial charge in [0.1, 0.15) is 30.3 Å². The van der Waals surface area contributed by atoms with Crippen molar-refractivity contribution in [3.05, 3.63) is 102 Å². The van der Waals surface area contributed by atoms with E-state index in [1.807, 2.05) is 60.7 Å². The number of unbranched alkanes of at least 4 members (excludes halogenated alkanes) is 1. The summed E-state index contributed by atoms with van der Waals surface area (Å²) in [5.41, 5.74) is 8.40. The van der Waals surface area contributed by atoms with Crippen LogP contribution >= 0.6 is 0 Å². The third kappa shape index (κ3) is 10.7. The van der Waals surface area contributed by atoms with Crippen molar-refractivity contribution in [1.29, 1.82) is 0 Å².